The number of hydrogen-bond acceptors (Lipinski definition) is 3. The number of phenols is 2. The van der Waals surface area contributed by atoms with Gasteiger partial charge < -0.3 is 15.5 Å². The van der Waals surface area contributed by atoms with Crippen molar-refractivity contribution in [1.82, 2.24) is 0 Å². The molecule has 0 fully saturated rings. The lowest BCUT2D eigenvalue weighted by Gasteiger charge is -2.11. The highest BCUT2D eigenvalue weighted by atomic mass is 16.3. The molecule has 0 radical (unpaired) electrons. The molecule has 0 aliphatic rings. The Balaban J connectivity index is 0.00000127. The molecule has 4 heteroatoms. The molecule has 0 spiro atoms. The zero-order chi connectivity index (χ0) is 17.4. The van der Waals surface area contributed by atoms with Gasteiger partial charge in [0.15, 0.2) is 0 Å². The summed E-state index contributed by atoms with van der Waals surface area (Å²) in [5, 5.41) is 21.5. The zero-order valence-corrected chi connectivity index (χ0v) is 13.3. The SMILES string of the molecule is C=CC(=C)c1cc(O)ccc1C(=O)Nc1ccc(O)cc1.CC. The Morgan fingerprint density at radius 1 is 1.00 bits per heavy atom. The van der Waals surface area contributed by atoms with E-state index < -0.39 is 0 Å². The second-order valence-electron chi connectivity index (χ2n) is 4.46. The topological polar surface area (TPSA) is 69.6 Å². The van der Waals surface area contributed by atoms with Crippen LogP contribution in [0.4, 0.5) is 5.69 Å². The number of anilines is 1. The molecule has 2 rings (SSSR count). The van der Waals surface area contributed by atoms with Gasteiger partial charge in [-0.2, -0.15) is 0 Å². The van der Waals surface area contributed by atoms with Gasteiger partial charge in [0.2, 0.25) is 0 Å². The van der Waals surface area contributed by atoms with Crippen LogP contribution in [0.2, 0.25) is 0 Å². The summed E-state index contributed by atoms with van der Waals surface area (Å²) < 4.78 is 0. The van der Waals surface area contributed by atoms with Crippen molar-refractivity contribution in [2.75, 3.05) is 5.32 Å². The molecule has 0 aliphatic heterocycles. The molecule has 0 bridgehead atoms. The molecule has 0 atom stereocenters. The molecule has 120 valence electrons. The summed E-state index contributed by atoms with van der Waals surface area (Å²) in [7, 11) is 0. The highest BCUT2D eigenvalue weighted by Crippen LogP contribution is 2.24. The van der Waals surface area contributed by atoms with Gasteiger partial charge in [-0.3, -0.25) is 4.79 Å². The van der Waals surface area contributed by atoms with E-state index in [-0.39, 0.29) is 17.4 Å². The molecule has 0 aromatic heterocycles. The Labute approximate surface area is 136 Å². The molecule has 3 N–H and O–H groups in total. The Kier molecular flexibility index (Phi) is 6.62. The van der Waals surface area contributed by atoms with E-state index in [0.29, 0.717) is 22.4 Å². The summed E-state index contributed by atoms with van der Waals surface area (Å²) in [5.74, 6) is -0.161. The number of carbonyl (C=O) groups excluding carboxylic acids is 1. The van der Waals surface area contributed by atoms with Crippen LogP contribution in [0.5, 0.6) is 11.5 Å². The van der Waals surface area contributed by atoms with Crippen molar-refractivity contribution in [3.05, 3.63) is 72.8 Å². The van der Waals surface area contributed by atoms with Crippen LogP contribution in [0.1, 0.15) is 29.8 Å². The molecule has 4 nitrogen and oxygen atoms in total. The van der Waals surface area contributed by atoms with Crippen LogP contribution in [0.15, 0.2) is 61.7 Å². The molecule has 23 heavy (non-hydrogen) atoms. The van der Waals surface area contributed by atoms with Crippen molar-refractivity contribution < 1.29 is 15.0 Å². The monoisotopic (exact) mass is 311 g/mol. The van der Waals surface area contributed by atoms with Gasteiger partial charge in [0.05, 0.1) is 0 Å². The van der Waals surface area contributed by atoms with Crippen LogP contribution in [0, 0.1) is 0 Å². The average molecular weight is 311 g/mol. The number of amides is 1. The van der Waals surface area contributed by atoms with E-state index in [1.165, 1.54) is 36.4 Å². The third-order valence-corrected chi connectivity index (χ3v) is 2.97. The summed E-state index contributed by atoms with van der Waals surface area (Å²) in [5.41, 5.74) is 2.00. The van der Waals surface area contributed by atoms with Gasteiger partial charge in [0, 0.05) is 11.3 Å². The minimum Gasteiger partial charge on any atom is -0.508 e. The lowest BCUT2D eigenvalue weighted by Crippen LogP contribution is -2.13. The first-order valence-corrected chi connectivity index (χ1v) is 7.26. The standard InChI is InChI=1S/C17H15NO3.C2H6/c1-3-11(2)16-10-14(20)8-9-15(16)17(21)18-12-4-6-13(19)7-5-12;1-2/h3-10,19-20H,1-2H2,(H,18,21);1-2H3. The van der Waals surface area contributed by atoms with Crippen LogP contribution in [0.25, 0.3) is 5.57 Å². The number of phenolic OH excluding ortho intramolecular Hbond substituents is 2. The lowest BCUT2D eigenvalue weighted by molar-refractivity contribution is 0.102. The summed E-state index contributed by atoms with van der Waals surface area (Å²) in [6.07, 6.45) is 1.52. The van der Waals surface area contributed by atoms with Gasteiger partial charge in [-0.15, -0.1) is 0 Å². The van der Waals surface area contributed by atoms with Gasteiger partial charge in [-0.25, -0.2) is 0 Å². The maximum Gasteiger partial charge on any atom is 0.256 e. The predicted octanol–water partition coefficient (Wildman–Crippen LogP) is 4.58. The fourth-order valence-electron chi connectivity index (χ4n) is 1.85. The normalized spacial score (nSPS) is 9.30. The summed E-state index contributed by atoms with van der Waals surface area (Å²) in [6, 6.07) is 10.6. The molecule has 0 heterocycles. The first kappa shape index (κ1) is 18.0. The number of rotatable bonds is 4. The van der Waals surface area contributed by atoms with Crippen LogP contribution in [-0.4, -0.2) is 16.1 Å². The quantitative estimate of drug-likeness (QED) is 0.572. The number of nitrogens with one attached hydrogen (secondary N) is 1. The molecule has 2 aromatic rings. The van der Waals surface area contributed by atoms with Crippen molar-refractivity contribution in [1.29, 1.82) is 0 Å². The second kappa shape index (κ2) is 8.44. The van der Waals surface area contributed by atoms with Crippen LogP contribution >= 0.6 is 0 Å². The molecule has 0 aliphatic carbocycles. The maximum atomic E-state index is 12.3. The summed E-state index contributed by atoms with van der Waals surface area (Å²) in [4.78, 5) is 12.3. The molecule has 0 saturated carbocycles. The Hall–Kier alpha value is -3.01. The minimum atomic E-state index is -0.335. The highest BCUT2D eigenvalue weighted by Gasteiger charge is 2.13. The second-order valence-corrected chi connectivity index (χ2v) is 4.46. The molecule has 0 unspecified atom stereocenters. The van der Waals surface area contributed by atoms with Gasteiger partial charge in [0.25, 0.3) is 5.91 Å². The van der Waals surface area contributed by atoms with E-state index in [1.54, 1.807) is 12.1 Å². The molecule has 0 saturated heterocycles. The predicted molar refractivity (Wildman–Crippen MR) is 94.7 cm³/mol. The van der Waals surface area contributed by atoms with E-state index in [4.69, 9.17) is 0 Å². The molecule has 2 aromatic carbocycles. The van der Waals surface area contributed by atoms with Gasteiger partial charge in [0.1, 0.15) is 11.5 Å². The van der Waals surface area contributed by atoms with Crippen molar-refractivity contribution in [2.45, 2.75) is 13.8 Å². The molecular weight excluding hydrogens is 290 g/mol. The van der Waals surface area contributed by atoms with Crippen molar-refractivity contribution >= 4 is 17.2 Å². The van der Waals surface area contributed by atoms with Gasteiger partial charge in [-0.1, -0.05) is 33.1 Å². The van der Waals surface area contributed by atoms with Gasteiger partial charge in [-0.05, 0) is 53.6 Å². The number of carbonyl (C=O) groups is 1. The Morgan fingerprint density at radius 3 is 2.13 bits per heavy atom. The van der Waals surface area contributed by atoms with Crippen LogP contribution < -0.4 is 5.32 Å². The Morgan fingerprint density at radius 2 is 1.57 bits per heavy atom. The van der Waals surface area contributed by atoms with Crippen molar-refractivity contribution in [3.63, 3.8) is 0 Å². The number of allylic oxidation sites excluding steroid dienone is 2. The largest absolute Gasteiger partial charge is 0.508 e. The first-order valence-electron chi connectivity index (χ1n) is 7.26. The smallest absolute Gasteiger partial charge is 0.256 e. The van der Waals surface area contributed by atoms with Crippen LogP contribution in [-0.2, 0) is 0 Å². The lowest BCUT2D eigenvalue weighted by atomic mass is 9.99. The van der Waals surface area contributed by atoms with E-state index in [9.17, 15) is 15.0 Å². The van der Waals surface area contributed by atoms with E-state index in [0.717, 1.165) is 0 Å². The number of hydrogen-bond donors (Lipinski definition) is 3. The number of aromatic hydroxyl groups is 2. The van der Waals surface area contributed by atoms with Gasteiger partial charge >= 0.3 is 0 Å². The molecular formula is C19H21NO3. The van der Waals surface area contributed by atoms with E-state index in [1.807, 2.05) is 13.8 Å². The minimum absolute atomic E-state index is 0.0502. The van der Waals surface area contributed by atoms with E-state index in [2.05, 4.69) is 18.5 Å². The third-order valence-electron chi connectivity index (χ3n) is 2.97. The van der Waals surface area contributed by atoms with E-state index >= 15 is 0 Å². The summed E-state index contributed by atoms with van der Waals surface area (Å²) >= 11 is 0. The van der Waals surface area contributed by atoms with Crippen molar-refractivity contribution in [3.8, 4) is 11.5 Å². The van der Waals surface area contributed by atoms with Crippen molar-refractivity contribution in [2.24, 2.45) is 0 Å². The number of benzene rings is 2. The fourth-order valence-corrected chi connectivity index (χ4v) is 1.85. The zero-order valence-electron chi connectivity index (χ0n) is 13.3. The maximum absolute atomic E-state index is 12.3. The molecule has 1 amide bonds. The summed E-state index contributed by atoms with van der Waals surface area (Å²) in [6.45, 7) is 11.4. The Bertz CT molecular complexity index is 703. The van der Waals surface area contributed by atoms with Crippen LogP contribution in [0.3, 0.4) is 0 Å². The average Bonchev–Trinajstić information content (AvgIpc) is 2.57. The highest BCUT2D eigenvalue weighted by molar-refractivity contribution is 6.08. The fraction of sp³-hybridized carbons (Fsp3) is 0.105. The first-order chi connectivity index (χ1) is 11.0. The third kappa shape index (κ3) is 4.74.